The summed E-state index contributed by atoms with van der Waals surface area (Å²) in [5.74, 6) is -1.42. The highest BCUT2D eigenvalue weighted by atomic mass is 32.2. The second-order valence-electron chi connectivity index (χ2n) is 6.37. The van der Waals surface area contributed by atoms with E-state index in [2.05, 4.69) is 4.72 Å². The number of hydrogen-bond donors (Lipinski definition) is 2. The lowest BCUT2D eigenvalue weighted by Gasteiger charge is -2.35. The molecule has 7 nitrogen and oxygen atoms in total. The lowest BCUT2D eigenvalue weighted by Crippen LogP contribution is -2.59. The highest BCUT2D eigenvalue weighted by molar-refractivity contribution is 7.89. The minimum Gasteiger partial charge on any atom is -0.491 e. The maximum Gasteiger partial charge on any atom is 0.328 e. The first-order valence-electron chi connectivity index (χ1n) is 8.10. The predicted octanol–water partition coefficient (Wildman–Crippen LogP) is 1.36. The van der Waals surface area contributed by atoms with Crippen LogP contribution in [0.25, 0.3) is 0 Å². The third-order valence-corrected chi connectivity index (χ3v) is 6.36. The number of ether oxygens (including phenoxy) is 2. The predicted molar refractivity (Wildman–Crippen MR) is 91.5 cm³/mol. The zero-order chi connectivity index (χ0) is 18.4. The summed E-state index contributed by atoms with van der Waals surface area (Å²) < 4.78 is 39.3. The van der Waals surface area contributed by atoms with Gasteiger partial charge in [0.15, 0.2) is 5.54 Å². The molecule has 1 fully saturated rings. The van der Waals surface area contributed by atoms with Gasteiger partial charge < -0.3 is 14.6 Å². The zero-order valence-electron chi connectivity index (χ0n) is 13.7. The second kappa shape index (κ2) is 6.08. The first-order valence-corrected chi connectivity index (χ1v) is 9.58. The van der Waals surface area contributed by atoms with Crippen molar-refractivity contribution >= 4 is 16.0 Å². The molecule has 0 spiro atoms. The van der Waals surface area contributed by atoms with Gasteiger partial charge in [0.25, 0.3) is 0 Å². The van der Waals surface area contributed by atoms with E-state index < -0.39 is 33.6 Å². The van der Waals surface area contributed by atoms with Crippen LogP contribution in [0.4, 0.5) is 0 Å². The van der Waals surface area contributed by atoms with Gasteiger partial charge in [0.05, 0.1) is 11.5 Å². The van der Waals surface area contributed by atoms with Crippen molar-refractivity contribution in [2.45, 2.75) is 22.5 Å². The Hall–Kier alpha value is -2.42. The van der Waals surface area contributed by atoms with Crippen LogP contribution in [0.5, 0.6) is 5.75 Å². The second-order valence-corrected chi connectivity index (χ2v) is 8.05. The molecule has 1 saturated heterocycles. The van der Waals surface area contributed by atoms with E-state index in [1.54, 1.807) is 42.5 Å². The van der Waals surface area contributed by atoms with Crippen molar-refractivity contribution in [2.24, 2.45) is 0 Å². The number of nitrogens with one attached hydrogen (secondary N) is 1. The molecule has 3 unspecified atom stereocenters. The van der Waals surface area contributed by atoms with E-state index in [1.165, 1.54) is 12.1 Å². The van der Waals surface area contributed by atoms with Crippen molar-refractivity contribution in [3.05, 3.63) is 60.2 Å². The molecule has 0 aromatic heterocycles. The fourth-order valence-corrected chi connectivity index (χ4v) is 5.01. The summed E-state index contributed by atoms with van der Waals surface area (Å²) in [6.07, 6.45) is -0.542. The molecule has 0 saturated carbocycles. The molecule has 0 bridgehead atoms. The van der Waals surface area contributed by atoms with E-state index in [1.807, 2.05) is 0 Å². The van der Waals surface area contributed by atoms with Gasteiger partial charge in [0, 0.05) is 11.5 Å². The van der Waals surface area contributed by atoms with Crippen LogP contribution in [0.15, 0.2) is 59.5 Å². The van der Waals surface area contributed by atoms with Crippen molar-refractivity contribution in [1.82, 2.24) is 4.72 Å². The van der Waals surface area contributed by atoms with Gasteiger partial charge in [-0.3, -0.25) is 4.79 Å². The highest BCUT2D eigenvalue weighted by Gasteiger charge is 2.60. The minimum absolute atomic E-state index is 0.00409. The van der Waals surface area contributed by atoms with E-state index in [0.717, 1.165) is 0 Å². The molecule has 0 aliphatic carbocycles. The summed E-state index contributed by atoms with van der Waals surface area (Å²) in [7, 11) is -4.05. The Balaban J connectivity index is 1.80. The monoisotopic (exact) mass is 375 g/mol. The van der Waals surface area contributed by atoms with Crippen LogP contribution in [-0.2, 0) is 19.6 Å². The average molecular weight is 375 g/mol. The summed E-state index contributed by atoms with van der Waals surface area (Å²) in [5, 5.41) is 9.99. The maximum atomic E-state index is 12.8. The lowest BCUT2D eigenvalue weighted by atomic mass is 9.78. The van der Waals surface area contributed by atoms with Crippen molar-refractivity contribution < 1.29 is 27.8 Å². The van der Waals surface area contributed by atoms with Crippen LogP contribution in [0.1, 0.15) is 11.5 Å². The van der Waals surface area contributed by atoms with Crippen LogP contribution >= 0.6 is 0 Å². The molecule has 2 N–H and O–H groups in total. The standard InChI is InChI=1S/C18H17NO6S/c20-17(21)18(19-26(22,23)12-6-2-1-3-7-12)11-25-15-10-24-14-9-5-4-8-13(14)16(15)18/h1-9,15-16,19H,10-11H2,(H,20,21). The number of sulfonamides is 1. The summed E-state index contributed by atoms with van der Waals surface area (Å²) >= 11 is 0. The van der Waals surface area contributed by atoms with Crippen molar-refractivity contribution in [2.75, 3.05) is 13.2 Å². The van der Waals surface area contributed by atoms with E-state index >= 15 is 0 Å². The molecule has 0 radical (unpaired) electrons. The highest BCUT2D eigenvalue weighted by Crippen LogP contribution is 2.46. The number of carbonyl (C=O) groups is 1. The number of benzene rings is 2. The molecule has 2 aromatic carbocycles. The van der Waals surface area contributed by atoms with Crippen LogP contribution < -0.4 is 9.46 Å². The van der Waals surface area contributed by atoms with Gasteiger partial charge in [-0.2, -0.15) is 4.72 Å². The van der Waals surface area contributed by atoms with Crippen molar-refractivity contribution in [1.29, 1.82) is 0 Å². The molecular formula is C18H17NO6S. The van der Waals surface area contributed by atoms with Crippen LogP contribution in [0.2, 0.25) is 0 Å². The molecule has 2 heterocycles. The topological polar surface area (TPSA) is 102 Å². The van der Waals surface area contributed by atoms with Gasteiger partial charge in [-0.25, -0.2) is 8.42 Å². The third kappa shape index (κ3) is 2.57. The minimum atomic E-state index is -4.05. The lowest BCUT2D eigenvalue weighted by molar-refractivity contribution is -0.144. The number of carboxylic acid groups (broad SMARTS) is 1. The van der Waals surface area contributed by atoms with Crippen LogP contribution in [0.3, 0.4) is 0 Å². The van der Waals surface area contributed by atoms with Crippen LogP contribution in [-0.4, -0.2) is 44.4 Å². The van der Waals surface area contributed by atoms with E-state index in [0.29, 0.717) is 11.3 Å². The summed E-state index contributed by atoms with van der Waals surface area (Å²) in [6, 6.07) is 14.7. The first kappa shape index (κ1) is 17.0. The number of carboxylic acids is 1. The molecule has 2 aliphatic heterocycles. The maximum absolute atomic E-state index is 12.8. The Morgan fingerprint density at radius 3 is 2.54 bits per heavy atom. The molecule has 136 valence electrons. The van der Waals surface area contributed by atoms with E-state index in [9.17, 15) is 18.3 Å². The van der Waals surface area contributed by atoms with Gasteiger partial charge in [0.2, 0.25) is 10.0 Å². The van der Waals surface area contributed by atoms with Gasteiger partial charge in [-0.1, -0.05) is 36.4 Å². The molecule has 2 aliphatic rings. The molecule has 4 rings (SSSR count). The number of hydrogen-bond acceptors (Lipinski definition) is 5. The first-order chi connectivity index (χ1) is 12.4. The quantitative estimate of drug-likeness (QED) is 0.837. The Morgan fingerprint density at radius 2 is 1.81 bits per heavy atom. The number of rotatable bonds is 4. The Morgan fingerprint density at radius 1 is 1.12 bits per heavy atom. The van der Waals surface area contributed by atoms with Crippen molar-refractivity contribution in [3.63, 3.8) is 0 Å². The van der Waals surface area contributed by atoms with E-state index in [4.69, 9.17) is 9.47 Å². The summed E-state index contributed by atoms with van der Waals surface area (Å²) in [6.45, 7) is -0.106. The van der Waals surface area contributed by atoms with Gasteiger partial charge in [0.1, 0.15) is 18.5 Å². The van der Waals surface area contributed by atoms with Gasteiger partial charge >= 0.3 is 5.97 Å². The largest absolute Gasteiger partial charge is 0.491 e. The van der Waals surface area contributed by atoms with Gasteiger partial charge in [-0.15, -0.1) is 0 Å². The van der Waals surface area contributed by atoms with Crippen LogP contribution in [0, 0.1) is 0 Å². The molecular weight excluding hydrogens is 358 g/mol. The molecule has 2 aromatic rings. The fourth-order valence-electron chi connectivity index (χ4n) is 3.62. The molecule has 26 heavy (non-hydrogen) atoms. The zero-order valence-corrected chi connectivity index (χ0v) is 14.5. The summed E-state index contributed by atoms with van der Waals surface area (Å²) in [5.41, 5.74) is -1.18. The normalized spacial score (nSPS) is 27.2. The fraction of sp³-hybridized carbons (Fsp3) is 0.278. The summed E-state index contributed by atoms with van der Waals surface area (Å²) in [4.78, 5) is 12.3. The molecule has 8 heteroatoms. The Bertz CT molecular complexity index is 945. The average Bonchev–Trinajstić information content (AvgIpc) is 3.02. The Kier molecular flexibility index (Phi) is 3.98. The SMILES string of the molecule is O=C(O)C1(NS(=O)(=O)c2ccccc2)COC2COc3ccccc3C21. The Labute approximate surface area is 150 Å². The number of aliphatic carboxylic acids is 1. The number of fused-ring (bicyclic) bond motifs is 3. The van der Waals surface area contributed by atoms with Gasteiger partial charge in [-0.05, 0) is 18.2 Å². The molecule has 3 atom stereocenters. The number of para-hydroxylation sites is 1. The smallest absolute Gasteiger partial charge is 0.328 e. The molecule has 0 amide bonds. The van der Waals surface area contributed by atoms with Crippen molar-refractivity contribution in [3.8, 4) is 5.75 Å². The third-order valence-electron chi connectivity index (χ3n) is 4.84. The van der Waals surface area contributed by atoms with E-state index in [-0.39, 0.29) is 18.1 Å².